The van der Waals surface area contributed by atoms with E-state index in [2.05, 4.69) is 5.32 Å². The normalized spacial score (nSPS) is 23.4. The molecule has 1 heterocycles. The third-order valence-corrected chi connectivity index (χ3v) is 3.67. The highest BCUT2D eigenvalue weighted by Gasteiger charge is 2.32. The smallest absolute Gasteiger partial charge is 0.227 e. The van der Waals surface area contributed by atoms with Crippen LogP contribution in [-0.4, -0.2) is 32.3 Å². The molecule has 110 valence electrons. The van der Waals surface area contributed by atoms with Crippen molar-refractivity contribution in [2.45, 2.75) is 25.9 Å². The first-order valence-electron chi connectivity index (χ1n) is 6.81. The van der Waals surface area contributed by atoms with Gasteiger partial charge in [0.05, 0.1) is 32.3 Å². The minimum absolute atomic E-state index is 0.0638. The predicted molar refractivity (Wildman–Crippen MR) is 76.6 cm³/mol. The molecular formula is C15H22N2O3. The number of rotatable bonds is 4. The van der Waals surface area contributed by atoms with Crippen molar-refractivity contribution in [3.05, 3.63) is 29.3 Å². The summed E-state index contributed by atoms with van der Waals surface area (Å²) < 4.78 is 10.6. The summed E-state index contributed by atoms with van der Waals surface area (Å²) in [4.78, 5) is 12.2. The Morgan fingerprint density at radius 2 is 2.25 bits per heavy atom. The van der Waals surface area contributed by atoms with Gasteiger partial charge in [0, 0.05) is 11.6 Å². The van der Waals surface area contributed by atoms with Crippen LogP contribution in [0.4, 0.5) is 0 Å². The summed E-state index contributed by atoms with van der Waals surface area (Å²) >= 11 is 0. The van der Waals surface area contributed by atoms with Crippen molar-refractivity contribution in [2.75, 3.05) is 20.3 Å². The Kier molecular flexibility index (Phi) is 4.62. The van der Waals surface area contributed by atoms with Gasteiger partial charge in [0.15, 0.2) is 0 Å². The zero-order chi connectivity index (χ0) is 14.7. The molecule has 1 fully saturated rings. The van der Waals surface area contributed by atoms with Gasteiger partial charge < -0.3 is 20.5 Å². The molecule has 1 amide bonds. The maximum Gasteiger partial charge on any atom is 0.227 e. The molecule has 2 rings (SSSR count). The van der Waals surface area contributed by atoms with Crippen LogP contribution in [-0.2, 0) is 9.53 Å². The molecule has 1 saturated heterocycles. The quantitative estimate of drug-likeness (QED) is 0.866. The summed E-state index contributed by atoms with van der Waals surface area (Å²) in [6, 6.07) is 5.57. The first-order valence-corrected chi connectivity index (χ1v) is 6.81. The second-order valence-corrected chi connectivity index (χ2v) is 5.28. The van der Waals surface area contributed by atoms with Gasteiger partial charge in [-0.2, -0.15) is 0 Å². The Hall–Kier alpha value is -1.59. The summed E-state index contributed by atoms with van der Waals surface area (Å²) in [5, 5.41) is 2.99. The van der Waals surface area contributed by atoms with E-state index in [9.17, 15) is 4.79 Å². The molecule has 0 aromatic heterocycles. The van der Waals surface area contributed by atoms with E-state index in [0.29, 0.717) is 13.2 Å². The summed E-state index contributed by atoms with van der Waals surface area (Å²) in [5.41, 5.74) is 7.96. The Labute approximate surface area is 119 Å². The summed E-state index contributed by atoms with van der Waals surface area (Å²) in [6.45, 7) is 4.79. The molecule has 1 aliphatic rings. The van der Waals surface area contributed by atoms with E-state index in [4.69, 9.17) is 15.2 Å². The molecule has 0 radical (unpaired) electrons. The van der Waals surface area contributed by atoms with Crippen molar-refractivity contribution >= 4 is 5.91 Å². The molecule has 3 N–H and O–H groups in total. The lowest BCUT2D eigenvalue weighted by Gasteiger charge is -2.21. The molecule has 5 heteroatoms. The third-order valence-electron chi connectivity index (χ3n) is 3.67. The van der Waals surface area contributed by atoms with Crippen LogP contribution < -0.4 is 15.8 Å². The van der Waals surface area contributed by atoms with E-state index in [1.165, 1.54) is 0 Å². The van der Waals surface area contributed by atoms with E-state index < -0.39 is 0 Å². The monoisotopic (exact) mass is 278 g/mol. The number of methoxy groups -OCH3 is 1. The lowest BCUT2D eigenvalue weighted by Crippen LogP contribution is -2.41. The first kappa shape index (κ1) is 14.8. The number of carbonyl (C=O) groups excluding carboxylic acids is 1. The maximum absolute atomic E-state index is 12.2. The topological polar surface area (TPSA) is 73.6 Å². The molecule has 20 heavy (non-hydrogen) atoms. The zero-order valence-corrected chi connectivity index (χ0v) is 12.2. The standard InChI is InChI=1S/C15H22N2O3/c1-9-4-5-14(19-3)11(6-9)10(2)17-15(18)12-7-20-8-13(12)16/h4-6,10,12-13H,7-8,16H2,1-3H3,(H,17,18). The average molecular weight is 278 g/mol. The molecule has 3 atom stereocenters. The number of benzene rings is 1. The number of nitrogens with two attached hydrogens (primary N) is 1. The van der Waals surface area contributed by atoms with Gasteiger partial charge in [-0.3, -0.25) is 4.79 Å². The number of amides is 1. The molecule has 1 aliphatic heterocycles. The largest absolute Gasteiger partial charge is 0.496 e. The van der Waals surface area contributed by atoms with Crippen molar-refractivity contribution in [1.82, 2.24) is 5.32 Å². The molecule has 0 saturated carbocycles. The lowest BCUT2D eigenvalue weighted by molar-refractivity contribution is -0.125. The SMILES string of the molecule is COc1ccc(C)cc1C(C)NC(=O)C1COCC1N. The van der Waals surface area contributed by atoms with Gasteiger partial charge >= 0.3 is 0 Å². The molecule has 1 aromatic rings. The minimum atomic E-state index is -0.270. The van der Waals surface area contributed by atoms with Gasteiger partial charge in [-0.1, -0.05) is 17.7 Å². The van der Waals surface area contributed by atoms with E-state index in [1.54, 1.807) is 7.11 Å². The van der Waals surface area contributed by atoms with Gasteiger partial charge in [-0.25, -0.2) is 0 Å². The van der Waals surface area contributed by atoms with E-state index in [1.807, 2.05) is 32.0 Å². The van der Waals surface area contributed by atoms with E-state index >= 15 is 0 Å². The van der Waals surface area contributed by atoms with E-state index in [0.717, 1.165) is 16.9 Å². The average Bonchev–Trinajstić information content (AvgIpc) is 2.85. The predicted octanol–water partition coefficient (Wildman–Crippen LogP) is 1.15. The Morgan fingerprint density at radius 3 is 2.85 bits per heavy atom. The number of hydrogen-bond donors (Lipinski definition) is 2. The van der Waals surface area contributed by atoms with Crippen molar-refractivity contribution < 1.29 is 14.3 Å². The molecule has 1 aromatic carbocycles. The fourth-order valence-corrected chi connectivity index (χ4v) is 2.43. The van der Waals surface area contributed by atoms with Crippen molar-refractivity contribution in [3.8, 4) is 5.75 Å². The highest BCUT2D eigenvalue weighted by Crippen LogP contribution is 2.26. The molecule has 3 unspecified atom stereocenters. The molecule has 0 aliphatic carbocycles. The van der Waals surface area contributed by atoms with Gasteiger partial charge in [0.1, 0.15) is 5.75 Å². The van der Waals surface area contributed by atoms with Crippen LogP contribution >= 0.6 is 0 Å². The Bertz CT molecular complexity index is 490. The highest BCUT2D eigenvalue weighted by atomic mass is 16.5. The van der Waals surface area contributed by atoms with Gasteiger partial charge in [-0.05, 0) is 19.9 Å². The fraction of sp³-hybridized carbons (Fsp3) is 0.533. The van der Waals surface area contributed by atoms with Crippen molar-refractivity contribution in [2.24, 2.45) is 11.7 Å². The third kappa shape index (κ3) is 3.11. The number of hydrogen-bond acceptors (Lipinski definition) is 4. The van der Waals surface area contributed by atoms with Crippen LogP contribution in [0.25, 0.3) is 0 Å². The van der Waals surface area contributed by atoms with Crippen LogP contribution in [0.5, 0.6) is 5.75 Å². The minimum Gasteiger partial charge on any atom is -0.496 e. The van der Waals surface area contributed by atoms with Gasteiger partial charge in [0.2, 0.25) is 5.91 Å². The molecule has 0 spiro atoms. The van der Waals surface area contributed by atoms with E-state index in [-0.39, 0.29) is 23.9 Å². The maximum atomic E-state index is 12.2. The first-order chi connectivity index (χ1) is 9.52. The Balaban J connectivity index is 2.09. The molecule has 5 nitrogen and oxygen atoms in total. The Morgan fingerprint density at radius 1 is 1.50 bits per heavy atom. The van der Waals surface area contributed by atoms with Crippen LogP contribution in [0, 0.1) is 12.8 Å². The fourth-order valence-electron chi connectivity index (χ4n) is 2.43. The van der Waals surface area contributed by atoms with Gasteiger partial charge in [0.25, 0.3) is 0 Å². The number of aryl methyl sites for hydroxylation is 1. The number of carbonyl (C=O) groups is 1. The number of nitrogens with one attached hydrogen (secondary N) is 1. The highest BCUT2D eigenvalue weighted by molar-refractivity contribution is 5.80. The molecule has 0 bridgehead atoms. The van der Waals surface area contributed by atoms with Crippen LogP contribution in [0.3, 0.4) is 0 Å². The number of ether oxygens (including phenoxy) is 2. The van der Waals surface area contributed by atoms with Crippen LogP contribution in [0.2, 0.25) is 0 Å². The van der Waals surface area contributed by atoms with Crippen molar-refractivity contribution in [1.29, 1.82) is 0 Å². The second kappa shape index (κ2) is 6.24. The van der Waals surface area contributed by atoms with Crippen LogP contribution in [0.15, 0.2) is 18.2 Å². The summed E-state index contributed by atoms with van der Waals surface area (Å²) in [5.74, 6) is 0.440. The summed E-state index contributed by atoms with van der Waals surface area (Å²) in [7, 11) is 1.63. The second-order valence-electron chi connectivity index (χ2n) is 5.28. The van der Waals surface area contributed by atoms with Gasteiger partial charge in [-0.15, -0.1) is 0 Å². The lowest BCUT2D eigenvalue weighted by atomic mass is 10.0. The van der Waals surface area contributed by atoms with Crippen LogP contribution in [0.1, 0.15) is 24.1 Å². The summed E-state index contributed by atoms with van der Waals surface area (Å²) in [6.07, 6.45) is 0. The van der Waals surface area contributed by atoms with Crippen molar-refractivity contribution in [3.63, 3.8) is 0 Å². The zero-order valence-electron chi connectivity index (χ0n) is 12.2. The molecular weight excluding hydrogens is 256 g/mol.